The van der Waals surface area contributed by atoms with Gasteiger partial charge in [0.05, 0.1) is 35.9 Å². The minimum absolute atomic E-state index is 0.0568. The highest BCUT2D eigenvalue weighted by atomic mass is 32.2. The minimum Gasteiger partial charge on any atom is -0.461 e. The van der Waals surface area contributed by atoms with Crippen molar-refractivity contribution in [3.63, 3.8) is 0 Å². The highest BCUT2D eigenvalue weighted by molar-refractivity contribution is 7.88. The van der Waals surface area contributed by atoms with E-state index in [-0.39, 0.29) is 12.3 Å². The summed E-state index contributed by atoms with van der Waals surface area (Å²) in [6.45, 7) is 0.0568. The topological polar surface area (TPSA) is 100 Å². The van der Waals surface area contributed by atoms with Crippen molar-refractivity contribution in [2.75, 3.05) is 7.05 Å². The highest BCUT2D eigenvalue weighted by Gasteiger charge is 2.22. The van der Waals surface area contributed by atoms with E-state index >= 15 is 0 Å². The smallest absolute Gasteiger partial charge is 0.218 e. The minimum atomic E-state index is -3.61. The van der Waals surface area contributed by atoms with Gasteiger partial charge in [0.1, 0.15) is 0 Å². The number of aromatic nitrogens is 1. The fourth-order valence-corrected chi connectivity index (χ4v) is 3.50. The summed E-state index contributed by atoms with van der Waals surface area (Å²) in [6, 6.07) is 13.7. The van der Waals surface area contributed by atoms with Gasteiger partial charge in [-0.3, -0.25) is 0 Å². The number of hydrogen-bond acceptors (Lipinski definition) is 6. The van der Waals surface area contributed by atoms with E-state index < -0.39 is 10.0 Å². The molecule has 0 fully saturated rings. The van der Waals surface area contributed by atoms with E-state index in [1.165, 1.54) is 17.6 Å². The molecule has 0 spiro atoms. The fourth-order valence-electron chi connectivity index (χ4n) is 2.31. The van der Waals surface area contributed by atoms with Crippen molar-refractivity contribution in [3.05, 3.63) is 65.5 Å². The molecule has 2 aromatic heterocycles. The van der Waals surface area contributed by atoms with Crippen molar-refractivity contribution >= 4 is 10.0 Å². The van der Waals surface area contributed by atoms with Crippen LogP contribution in [0.25, 0.3) is 11.5 Å². The first-order valence-electron chi connectivity index (χ1n) is 7.41. The first-order chi connectivity index (χ1) is 12.0. The summed E-state index contributed by atoms with van der Waals surface area (Å²) in [5.41, 5.74) is 1.28. The van der Waals surface area contributed by atoms with E-state index in [2.05, 4.69) is 5.16 Å². The van der Waals surface area contributed by atoms with Crippen LogP contribution in [-0.2, 0) is 22.3 Å². The molecule has 0 aliphatic rings. The van der Waals surface area contributed by atoms with Crippen molar-refractivity contribution in [2.45, 2.75) is 12.3 Å². The third kappa shape index (κ3) is 3.79. The Morgan fingerprint density at radius 1 is 1.20 bits per heavy atom. The maximum Gasteiger partial charge on any atom is 0.218 e. The second-order valence-electron chi connectivity index (χ2n) is 5.44. The molecule has 0 aliphatic heterocycles. The zero-order valence-electron chi connectivity index (χ0n) is 13.4. The number of rotatable bonds is 6. The average molecular weight is 357 g/mol. The lowest BCUT2D eigenvalue weighted by atomic mass is 10.1. The van der Waals surface area contributed by atoms with Gasteiger partial charge in [0, 0.05) is 13.1 Å². The molecule has 0 N–H and O–H groups in total. The van der Waals surface area contributed by atoms with Crippen LogP contribution in [0.1, 0.15) is 16.8 Å². The Balaban J connectivity index is 1.74. The van der Waals surface area contributed by atoms with Gasteiger partial charge in [-0.15, -0.1) is 0 Å². The molecular weight excluding hydrogens is 342 g/mol. The zero-order chi connectivity index (χ0) is 17.9. The Bertz CT molecular complexity index is 1000. The highest BCUT2D eigenvalue weighted by Crippen LogP contribution is 2.22. The van der Waals surface area contributed by atoms with E-state index in [0.717, 1.165) is 0 Å². The summed E-state index contributed by atoms with van der Waals surface area (Å²) in [7, 11) is -2.15. The molecule has 3 rings (SSSR count). The molecule has 0 unspecified atom stereocenters. The fraction of sp³-hybridized carbons (Fsp3) is 0.176. The molecule has 2 heterocycles. The molecule has 128 valence electrons. The number of benzene rings is 1. The lowest BCUT2D eigenvalue weighted by molar-refractivity contribution is 0.394. The van der Waals surface area contributed by atoms with Crippen LogP contribution in [0.5, 0.6) is 0 Å². The Morgan fingerprint density at radius 3 is 2.72 bits per heavy atom. The number of hydrogen-bond donors (Lipinski definition) is 0. The van der Waals surface area contributed by atoms with Gasteiger partial charge in [0.25, 0.3) is 0 Å². The van der Waals surface area contributed by atoms with Crippen LogP contribution in [0.3, 0.4) is 0 Å². The van der Waals surface area contributed by atoms with Crippen LogP contribution in [0.4, 0.5) is 0 Å². The van der Waals surface area contributed by atoms with Gasteiger partial charge >= 0.3 is 0 Å². The number of sulfonamides is 1. The maximum atomic E-state index is 12.5. The monoisotopic (exact) mass is 357 g/mol. The summed E-state index contributed by atoms with van der Waals surface area (Å²) in [5, 5.41) is 13.0. The van der Waals surface area contributed by atoms with E-state index in [1.54, 1.807) is 42.5 Å². The van der Waals surface area contributed by atoms with E-state index in [1.807, 2.05) is 6.07 Å². The molecule has 1 aromatic carbocycles. The van der Waals surface area contributed by atoms with Crippen molar-refractivity contribution in [2.24, 2.45) is 0 Å². The standard InChI is InChI=1S/C17H15N3O4S/c1-20(11-15-9-17(24-19-15)16-7-4-8-23-16)25(21,22)12-14-6-3-2-5-13(14)10-18/h2-9H,11-12H2,1H3. The molecule has 7 nitrogen and oxygen atoms in total. The molecule has 0 radical (unpaired) electrons. The van der Waals surface area contributed by atoms with Crippen LogP contribution in [0, 0.1) is 11.3 Å². The van der Waals surface area contributed by atoms with Crippen LogP contribution in [-0.4, -0.2) is 24.9 Å². The predicted molar refractivity (Wildman–Crippen MR) is 89.5 cm³/mol. The number of furan rings is 1. The summed E-state index contributed by atoms with van der Waals surface area (Å²) < 4.78 is 36.7. The molecule has 0 aliphatic carbocycles. The Labute approximate surface area is 145 Å². The average Bonchev–Trinajstić information content (AvgIpc) is 3.26. The third-order valence-electron chi connectivity index (χ3n) is 3.66. The van der Waals surface area contributed by atoms with Crippen molar-refractivity contribution in [1.82, 2.24) is 9.46 Å². The lowest BCUT2D eigenvalue weighted by Gasteiger charge is -2.16. The van der Waals surface area contributed by atoms with Gasteiger partial charge < -0.3 is 8.94 Å². The second-order valence-corrected chi connectivity index (χ2v) is 7.52. The van der Waals surface area contributed by atoms with Gasteiger partial charge in [0.15, 0.2) is 5.76 Å². The Kier molecular flexibility index (Phi) is 4.70. The first-order valence-corrected chi connectivity index (χ1v) is 9.02. The van der Waals surface area contributed by atoms with Crippen LogP contribution >= 0.6 is 0 Å². The van der Waals surface area contributed by atoms with Crippen LogP contribution < -0.4 is 0 Å². The van der Waals surface area contributed by atoms with Gasteiger partial charge in [-0.05, 0) is 23.8 Å². The first kappa shape index (κ1) is 17.0. The Hall–Kier alpha value is -2.89. The quantitative estimate of drug-likeness (QED) is 0.672. The second kappa shape index (κ2) is 6.93. The molecule has 0 saturated carbocycles. The third-order valence-corrected chi connectivity index (χ3v) is 5.41. The zero-order valence-corrected chi connectivity index (χ0v) is 14.2. The summed E-state index contributed by atoms with van der Waals surface area (Å²) >= 11 is 0. The van der Waals surface area contributed by atoms with Gasteiger partial charge in [0.2, 0.25) is 15.8 Å². The summed E-state index contributed by atoms with van der Waals surface area (Å²) in [5.74, 6) is 0.698. The van der Waals surface area contributed by atoms with Crippen LogP contribution in [0.15, 0.2) is 57.7 Å². The van der Waals surface area contributed by atoms with Crippen molar-refractivity contribution in [3.8, 4) is 17.6 Å². The van der Waals surface area contributed by atoms with Crippen molar-refractivity contribution < 1.29 is 17.4 Å². The maximum absolute atomic E-state index is 12.5. The molecular formula is C17H15N3O4S. The Morgan fingerprint density at radius 2 is 2.00 bits per heavy atom. The molecule has 0 bridgehead atoms. The normalized spacial score (nSPS) is 11.6. The molecule has 25 heavy (non-hydrogen) atoms. The number of nitriles is 1. The molecule has 3 aromatic rings. The predicted octanol–water partition coefficient (Wildman–Crippen LogP) is 2.77. The van der Waals surface area contributed by atoms with E-state index in [4.69, 9.17) is 14.2 Å². The van der Waals surface area contributed by atoms with Crippen molar-refractivity contribution in [1.29, 1.82) is 5.26 Å². The van der Waals surface area contributed by atoms with E-state index in [9.17, 15) is 8.42 Å². The largest absolute Gasteiger partial charge is 0.461 e. The van der Waals surface area contributed by atoms with Crippen LogP contribution in [0.2, 0.25) is 0 Å². The molecule has 0 amide bonds. The summed E-state index contributed by atoms with van der Waals surface area (Å²) in [4.78, 5) is 0. The van der Waals surface area contributed by atoms with Gasteiger partial charge in [-0.2, -0.15) is 9.57 Å². The van der Waals surface area contributed by atoms with E-state index in [0.29, 0.717) is 28.3 Å². The molecule has 0 atom stereocenters. The summed E-state index contributed by atoms with van der Waals surface area (Å²) in [6.07, 6.45) is 1.51. The molecule has 8 heteroatoms. The van der Waals surface area contributed by atoms with Gasteiger partial charge in [-0.1, -0.05) is 23.4 Å². The number of nitrogens with zero attached hydrogens (tertiary/aromatic N) is 3. The van der Waals surface area contributed by atoms with Gasteiger partial charge in [-0.25, -0.2) is 8.42 Å². The molecule has 0 saturated heterocycles. The lowest BCUT2D eigenvalue weighted by Crippen LogP contribution is -2.28. The SMILES string of the molecule is CN(Cc1cc(-c2ccco2)on1)S(=O)(=O)Cc1ccccc1C#N.